The molecule has 0 atom stereocenters. The van der Waals surface area contributed by atoms with Crippen LogP contribution in [0.2, 0.25) is 10.2 Å². The number of aliphatic imine (C=N–C) groups is 1. The number of rotatable bonds is 9. The quantitative estimate of drug-likeness (QED) is 0.228. The fourth-order valence-electron chi connectivity index (χ4n) is 3.08. The van der Waals surface area contributed by atoms with Crippen molar-refractivity contribution in [2.45, 2.75) is 39.0 Å². The molecule has 0 radical (unpaired) electrons. The van der Waals surface area contributed by atoms with E-state index in [1.807, 2.05) is 0 Å². The number of carbonyl (C=O) groups excluding carboxylic acids is 1. The number of benzene rings is 2. The van der Waals surface area contributed by atoms with Crippen molar-refractivity contribution in [2.24, 2.45) is 10.7 Å². The number of alkyl halides is 3. The molecule has 0 fully saturated rings. The molecule has 11 heteroatoms. The summed E-state index contributed by atoms with van der Waals surface area (Å²) in [5.41, 5.74) is 5.03. The number of nitrogens with two attached hydrogens (primary N) is 1. The van der Waals surface area contributed by atoms with Crippen LogP contribution >= 0.6 is 23.2 Å². The number of hydrogen-bond donors (Lipinski definition) is 2. The highest BCUT2D eigenvalue weighted by molar-refractivity contribution is 6.33. The molecule has 0 aliphatic carbocycles. The third kappa shape index (κ3) is 7.35. The molecule has 0 spiro atoms. The van der Waals surface area contributed by atoms with E-state index in [1.165, 1.54) is 24.3 Å². The fraction of sp³-hybridized carbons (Fsp3) is 0.240. The molecule has 1 aromatic heterocycles. The maximum Gasteiger partial charge on any atom is 0.430 e. The Bertz CT molecular complexity index is 1270. The number of nitrogens with zero attached hydrogens (tertiary/aromatic N) is 2. The van der Waals surface area contributed by atoms with Crippen molar-refractivity contribution in [1.82, 2.24) is 9.97 Å². The van der Waals surface area contributed by atoms with Gasteiger partial charge in [-0.15, -0.1) is 0 Å². The normalized spacial score (nSPS) is 12.6. The summed E-state index contributed by atoms with van der Waals surface area (Å²) >= 11 is 12.2. The number of imidazole rings is 1. The SMILES string of the molecule is CCCCc1nc(Cl)c(COC(=O)c2ccc(C(/C=C(\N)C(F)(F)F)=Nc3ccccc3Cl)cc2)[nH]1. The van der Waals surface area contributed by atoms with Gasteiger partial charge in [0.15, 0.2) is 5.15 Å². The lowest BCUT2D eigenvalue weighted by Crippen LogP contribution is -2.21. The van der Waals surface area contributed by atoms with Crippen LogP contribution in [0.5, 0.6) is 0 Å². The minimum Gasteiger partial charge on any atom is -0.456 e. The van der Waals surface area contributed by atoms with Gasteiger partial charge in [0.05, 0.1) is 27.7 Å². The molecule has 6 nitrogen and oxygen atoms in total. The van der Waals surface area contributed by atoms with Gasteiger partial charge in [-0.1, -0.05) is 60.8 Å². The van der Waals surface area contributed by atoms with Gasteiger partial charge in [-0.2, -0.15) is 13.2 Å². The van der Waals surface area contributed by atoms with Crippen LogP contribution in [-0.4, -0.2) is 27.8 Å². The monoisotopic (exact) mass is 538 g/mol. The maximum atomic E-state index is 13.1. The molecule has 2 aromatic carbocycles. The lowest BCUT2D eigenvalue weighted by atomic mass is 10.1. The largest absolute Gasteiger partial charge is 0.456 e. The number of allylic oxidation sites excluding steroid dienone is 2. The summed E-state index contributed by atoms with van der Waals surface area (Å²) in [7, 11) is 0. The topological polar surface area (TPSA) is 93.4 Å². The summed E-state index contributed by atoms with van der Waals surface area (Å²) in [6, 6.07) is 12.2. The molecule has 0 aliphatic rings. The number of halogens is 5. The highest BCUT2D eigenvalue weighted by Crippen LogP contribution is 2.27. The van der Waals surface area contributed by atoms with E-state index < -0.39 is 17.8 Å². The van der Waals surface area contributed by atoms with Gasteiger partial charge in [0.25, 0.3) is 0 Å². The summed E-state index contributed by atoms with van der Waals surface area (Å²) < 4.78 is 44.5. The van der Waals surface area contributed by atoms with E-state index >= 15 is 0 Å². The minimum absolute atomic E-state index is 0.0818. The van der Waals surface area contributed by atoms with Gasteiger partial charge in [-0.05, 0) is 36.8 Å². The predicted octanol–water partition coefficient (Wildman–Crippen LogP) is 6.94. The first-order chi connectivity index (χ1) is 17.1. The zero-order valence-electron chi connectivity index (χ0n) is 19.2. The number of aromatic nitrogens is 2. The smallest absolute Gasteiger partial charge is 0.430 e. The predicted molar refractivity (Wildman–Crippen MR) is 134 cm³/mol. The van der Waals surface area contributed by atoms with Crippen molar-refractivity contribution in [1.29, 1.82) is 0 Å². The second-order valence-corrected chi connectivity index (χ2v) is 8.52. The van der Waals surface area contributed by atoms with Crippen molar-refractivity contribution < 1.29 is 22.7 Å². The second-order valence-electron chi connectivity index (χ2n) is 7.76. The molecule has 0 saturated carbocycles. The third-order valence-corrected chi connectivity index (χ3v) is 5.65. The Morgan fingerprint density at radius 1 is 1.14 bits per heavy atom. The number of ether oxygens (including phenoxy) is 1. The van der Waals surface area contributed by atoms with Crippen LogP contribution in [-0.2, 0) is 17.8 Å². The molecule has 190 valence electrons. The highest BCUT2D eigenvalue weighted by Gasteiger charge is 2.31. The third-order valence-electron chi connectivity index (χ3n) is 5.02. The first-order valence-corrected chi connectivity index (χ1v) is 11.7. The minimum atomic E-state index is -4.74. The number of aromatic amines is 1. The van der Waals surface area contributed by atoms with E-state index in [2.05, 4.69) is 21.9 Å². The first-order valence-electron chi connectivity index (χ1n) is 11.0. The Morgan fingerprint density at radius 3 is 2.44 bits per heavy atom. The van der Waals surface area contributed by atoms with Crippen LogP contribution in [0, 0.1) is 0 Å². The van der Waals surface area contributed by atoms with Crippen LogP contribution < -0.4 is 5.73 Å². The number of unbranched alkanes of at least 4 members (excludes halogenated alkanes) is 1. The summed E-state index contributed by atoms with van der Waals surface area (Å²) in [5, 5.41) is 0.489. The van der Waals surface area contributed by atoms with Gasteiger partial charge in [0.2, 0.25) is 0 Å². The Hall–Kier alpha value is -3.30. The van der Waals surface area contributed by atoms with Gasteiger partial charge >= 0.3 is 12.1 Å². The first kappa shape index (κ1) is 27.3. The van der Waals surface area contributed by atoms with Crippen molar-refractivity contribution in [3.8, 4) is 0 Å². The Labute approximate surface area is 216 Å². The van der Waals surface area contributed by atoms with E-state index in [0.717, 1.165) is 19.3 Å². The average Bonchev–Trinajstić information content (AvgIpc) is 3.20. The van der Waals surface area contributed by atoms with E-state index in [0.29, 0.717) is 17.6 Å². The van der Waals surface area contributed by atoms with Gasteiger partial charge in [0, 0.05) is 12.0 Å². The fourth-order valence-corrected chi connectivity index (χ4v) is 3.46. The average molecular weight is 539 g/mol. The van der Waals surface area contributed by atoms with Crippen molar-refractivity contribution in [3.63, 3.8) is 0 Å². The molecule has 0 aliphatic heterocycles. The molecule has 0 saturated heterocycles. The number of esters is 1. The van der Waals surface area contributed by atoms with Gasteiger partial charge in [0.1, 0.15) is 18.1 Å². The molecule has 3 rings (SSSR count). The summed E-state index contributed by atoms with van der Waals surface area (Å²) in [5.74, 6) is 0.0750. The summed E-state index contributed by atoms with van der Waals surface area (Å²) in [6.45, 7) is 1.95. The van der Waals surface area contributed by atoms with Gasteiger partial charge in [-0.3, -0.25) is 0 Å². The maximum absolute atomic E-state index is 13.1. The van der Waals surface area contributed by atoms with Crippen LogP contribution in [0.4, 0.5) is 18.9 Å². The van der Waals surface area contributed by atoms with Crippen molar-refractivity contribution in [3.05, 3.63) is 93.1 Å². The van der Waals surface area contributed by atoms with Crippen LogP contribution in [0.15, 0.2) is 65.3 Å². The molecule has 0 amide bonds. The van der Waals surface area contributed by atoms with Crippen molar-refractivity contribution >= 4 is 40.6 Å². The number of carbonyl (C=O) groups is 1. The number of para-hydroxylation sites is 1. The molecule has 36 heavy (non-hydrogen) atoms. The number of aryl methyl sites for hydroxylation is 1. The number of H-pyrrole nitrogens is 1. The molecule has 0 unspecified atom stereocenters. The Balaban J connectivity index is 1.80. The molecule has 3 N–H and O–H groups in total. The molecular formula is C25H23Cl2F3N4O2. The van der Waals surface area contributed by atoms with E-state index in [-0.39, 0.29) is 39.3 Å². The number of hydrogen-bond acceptors (Lipinski definition) is 5. The Kier molecular flexibility index (Phi) is 9.17. The zero-order chi connectivity index (χ0) is 26.3. The lowest BCUT2D eigenvalue weighted by Gasteiger charge is -2.10. The van der Waals surface area contributed by atoms with E-state index in [4.69, 9.17) is 33.7 Å². The van der Waals surface area contributed by atoms with Gasteiger partial charge in [-0.25, -0.2) is 14.8 Å². The van der Waals surface area contributed by atoms with Crippen LogP contribution in [0.3, 0.4) is 0 Å². The van der Waals surface area contributed by atoms with Crippen LogP contribution in [0.25, 0.3) is 0 Å². The molecule has 1 heterocycles. The van der Waals surface area contributed by atoms with Gasteiger partial charge < -0.3 is 15.5 Å². The standard InChI is InChI=1S/C25H23Cl2F3N4O2/c1-2-3-8-22-33-20(23(27)34-22)14-36-24(35)16-11-9-15(10-12-16)19(13-21(31)25(28,29)30)32-18-7-5-4-6-17(18)26/h4-7,9-13H,2-3,8,14,31H2,1H3,(H,33,34)/b21-13-,32-19?. The van der Waals surface area contributed by atoms with Crippen LogP contribution in [0.1, 0.15) is 47.2 Å². The number of nitrogens with one attached hydrogen (secondary N) is 1. The zero-order valence-corrected chi connectivity index (χ0v) is 20.7. The second kappa shape index (κ2) is 12.1. The van der Waals surface area contributed by atoms with Crippen molar-refractivity contribution in [2.75, 3.05) is 0 Å². The van der Waals surface area contributed by atoms with E-state index in [1.54, 1.807) is 24.3 Å². The summed E-state index contributed by atoms with van der Waals surface area (Å²) in [4.78, 5) is 24.0. The lowest BCUT2D eigenvalue weighted by molar-refractivity contribution is -0.0925. The molecule has 3 aromatic rings. The molecular weight excluding hydrogens is 516 g/mol. The Morgan fingerprint density at radius 2 is 1.81 bits per heavy atom. The van der Waals surface area contributed by atoms with E-state index in [9.17, 15) is 18.0 Å². The summed E-state index contributed by atoms with van der Waals surface area (Å²) in [6.07, 6.45) is -1.34. The molecule has 0 bridgehead atoms. The highest BCUT2D eigenvalue weighted by atomic mass is 35.5.